The molecule has 1 rings (SSSR count). The van der Waals surface area contributed by atoms with Gasteiger partial charge < -0.3 is 0 Å². The van der Waals surface area contributed by atoms with Gasteiger partial charge in [-0.15, -0.1) is 5.10 Å². The van der Waals surface area contributed by atoms with Crippen molar-refractivity contribution in [3.05, 3.63) is 28.8 Å². The van der Waals surface area contributed by atoms with Crippen molar-refractivity contribution in [2.75, 3.05) is 7.05 Å². The summed E-state index contributed by atoms with van der Waals surface area (Å²) in [6.45, 7) is 3.45. The molecule has 15 heavy (non-hydrogen) atoms. The van der Waals surface area contributed by atoms with Gasteiger partial charge in [0.25, 0.3) is 0 Å². The van der Waals surface area contributed by atoms with E-state index in [0.29, 0.717) is 0 Å². The first kappa shape index (κ1) is 18.9. The van der Waals surface area contributed by atoms with E-state index in [2.05, 4.69) is 20.3 Å². The SMILES string of the molecule is CN=[N+]=[N-].Cc1cn(C)nn1.F.[C+]#CC. The third-order valence-electron chi connectivity index (χ3n) is 0.807. The molecule has 0 atom stereocenters. The van der Waals surface area contributed by atoms with Crippen LogP contribution in [0.5, 0.6) is 0 Å². The number of halogens is 1. The van der Waals surface area contributed by atoms with Gasteiger partial charge in [-0.2, -0.15) is 0 Å². The molecule has 0 aliphatic carbocycles. The molecule has 0 spiro atoms. The van der Waals surface area contributed by atoms with Crippen molar-refractivity contribution >= 4 is 0 Å². The molecule has 6 nitrogen and oxygen atoms in total. The van der Waals surface area contributed by atoms with E-state index in [1.807, 2.05) is 26.1 Å². The maximum atomic E-state index is 7.33. The Hall–Kier alpha value is -1.84. The topological polar surface area (TPSA) is 79.5 Å². The molecule has 1 heterocycles. The monoisotopic (exact) mass is 213 g/mol. The first-order chi connectivity index (χ1) is 6.62. The van der Waals surface area contributed by atoms with E-state index in [-0.39, 0.29) is 4.70 Å². The Kier molecular flexibility index (Phi) is 18.4. The molecule has 0 N–H and O–H groups in total. The van der Waals surface area contributed by atoms with E-state index < -0.39 is 0 Å². The Labute approximate surface area is 88.3 Å². The molecule has 0 saturated heterocycles. The Bertz CT molecular complexity index is 304. The fourth-order valence-corrected chi connectivity index (χ4v) is 0.463. The van der Waals surface area contributed by atoms with Crippen molar-refractivity contribution in [2.45, 2.75) is 13.8 Å². The third kappa shape index (κ3) is 18.9. The molecule has 7 heteroatoms. The first-order valence-electron chi connectivity index (χ1n) is 3.71. The molecule has 1 aromatic heterocycles. The summed E-state index contributed by atoms with van der Waals surface area (Å²) in [7, 11) is 3.24. The number of aromatic nitrogens is 3. The predicted molar refractivity (Wildman–Crippen MR) is 56.1 cm³/mol. The zero-order chi connectivity index (χ0) is 11.4. The summed E-state index contributed by atoms with van der Waals surface area (Å²) in [6.07, 6.45) is 7.82. The van der Waals surface area contributed by atoms with Crippen LogP contribution in [0.3, 0.4) is 0 Å². The fourth-order valence-electron chi connectivity index (χ4n) is 0.463. The molecule has 0 bridgehead atoms. The average molecular weight is 213 g/mol. The zero-order valence-corrected chi connectivity index (χ0v) is 9.17. The van der Waals surface area contributed by atoms with Gasteiger partial charge in [-0.1, -0.05) is 10.3 Å². The van der Waals surface area contributed by atoms with E-state index in [9.17, 15) is 0 Å². The summed E-state index contributed by atoms with van der Waals surface area (Å²) < 4.78 is 1.68. The number of azide groups is 1. The second-order valence-electron chi connectivity index (χ2n) is 2.07. The number of hydrogen-bond acceptors (Lipinski definition) is 3. The minimum absolute atomic E-state index is 0. The van der Waals surface area contributed by atoms with E-state index in [0.717, 1.165) is 5.69 Å². The van der Waals surface area contributed by atoms with E-state index in [4.69, 9.17) is 12.0 Å². The van der Waals surface area contributed by atoms with Crippen molar-refractivity contribution in [1.29, 1.82) is 0 Å². The maximum absolute atomic E-state index is 7.33. The van der Waals surface area contributed by atoms with Gasteiger partial charge in [0.15, 0.2) is 0 Å². The van der Waals surface area contributed by atoms with Gasteiger partial charge in [0.2, 0.25) is 0 Å². The molecule has 0 amide bonds. The van der Waals surface area contributed by atoms with Crippen LogP contribution in [-0.4, -0.2) is 22.0 Å². The van der Waals surface area contributed by atoms with E-state index in [1.165, 1.54) is 7.05 Å². The molecule has 0 radical (unpaired) electrons. The second kappa shape index (κ2) is 14.7. The van der Waals surface area contributed by atoms with Crippen LogP contribution in [-0.2, 0) is 7.05 Å². The molecule has 82 valence electrons. The summed E-state index contributed by atoms with van der Waals surface area (Å²) in [4.78, 5) is 2.36. The van der Waals surface area contributed by atoms with E-state index in [1.54, 1.807) is 11.6 Å². The van der Waals surface area contributed by atoms with Crippen LogP contribution in [0.15, 0.2) is 11.3 Å². The summed E-state index contributed by atoms with van der Waals surface area (Å²) in [5.74, 6) is 2.00. The molecular formula is C8H14FN6+. The standard InChI is InChI=1S/C4H7N3.C3H3.CH3N3.FH/c1-4-3-7(2)6-5-4;1-3-2;1-3-4-2;/h3H,1-2H3;1H3;1H3;1H/q;+1;;. The molecular weight excluding hydrogens is 199 g/mol. The second-order valence-corrected chi connectivity index (χ2v) is 2.07. The van der Waals surface area contributed by atoms with Crippen LogP contribution in [0.2, 0.25) is 0 Å². The van der Waals surface area contributed by atoms with Crippen LogP contribution in [0.4, 0.5) is 4.70 Å². The molecule has 0 unspecified atom stereocenters. The Morgan fingerprint density at radius 2 is 2.07 bits per heavy atom. The average Bonchev–Trinajstić information content (AvgIpc) is 2.52. The van der Waals surface area contributed by atoms with E-state index >= 15 is 0 Å². The van der Waals surface area contributed by atoms with Gasteiger partial charge in [-0.25, -0.2) is 0 Å². The van der Waals surface area contributed by atoms with Gasteiger partial charge in [0.05, 0.1) is 5.69 Å². The van der Waals surface area contributed by atoms with Crippen LogP contribution in [0.25, 0.3) is 10.4 Å². The van der Waals surface area contributed by atoms with Crippen LogP contribution in [0.1, 0.15) is 12.6 Å². The van der Waals surface area contributed by atoms with Gasteiger partial charge in [0.1, 0.15) is 0 Å². The summed E-state index contributed by atoms with van der Waals surface area (Å²) in [6, 6.07) is 0. The van der Waals surface area contributed by atoms with Crippen molar-refractivity contribution in [3.63, 3.8) is 0 Å². The first-order valence-corrected chi connectivity index (χ1v) is 3.71. The normalized spacial score (nSPS) is 6.27. The van der Waals surface area contributed by atoms with Crippen molar-refractivity contribution in [2.24, 2.45) is 12.2 Å². The minimum atomic E-state index is 0. The molecule has 1 aromatic rings. The van der Waals surface area contributed by atoms with Crippen molar-refractivity contribution < 1.29 is 4.70 Å². The third-order valence-corrected chi connectivity index (χ3v) is 0.807. The van der Waals surface area contributed by atoms with Crippen LogP contribution in [0, 0.1) is 19.3 Å². The molecule has 0 aliphatic heterocycles. The van der Waals surface area contributed by atoms with Gasteiger partial charge in [0, 0.05) is 25.2 Å². The number of hydrogen-bond donors (Lipinski definition) is 0. The van der Waals surface area contributed by atoms with Crippen LogP contribution >= 0.6 is 0 Å². The van der Waals surface area contributed by atoms with Crippen molar-refractivity contribution in [3.8, 4) is 5.92 Å². The Morgan fingerprint density at radius 1 is 1.67 bits per heavy atom. The quantitative estimate of drug-likeness (QED) is 0.216. The number of rotatable bonds is 0. The molecule has 0 aliphatic rings. The molecule has 0 aromatic carbocycles. The fraction of sp³-hybridized carbons (Fsp3) is 0.500. The Balaban J connectivity index is -0.000000158. The zero-order valence-electron chi connectivity index (χ0n) is 9.17. The predicted octanol–water partition coefficient (Wildman–Crippen LogP) is 1.80. The number of aryl methyl sites for hydroxylation is 2. The molecule has 0 fully saturated rings. The summed E-state index contributed by atoms with van der Waals surface area (Å²) >= 11 is 0. The Morgan fingerprint density at radius 3 is 2.13 bits per heavy atom. The van der Waals surface area contributed by atoms with Crippen molar-refractivity contribution in [1.82, 2.24) is 15.0 Å². The summed E-state index contributed by atoms with van der Waals surface area (Å²) in [5, 5.41) is 10.3. The van der Waals surface area contributed by atoms with Gasteiger partial charge >= 0.3 is 19.3 Å². The summed E-state index contributed by atoms with van der Waals surface area (Å²) in [5.41, 5.74) is 8.29. The van der Waals surface area contributed by atoms with Gasteiger partial charge in [-0.3, -0.25) is 9.39 Å². The van der Waals surface area contributed by atoms with Crippen LogP contribution < -0.4 is 0 Å². The van der Waals surface area contributed by atoms with Gasteiger partial charge in [-0.05, 0) is 12.5 Å². The number of nitrogens with zero attached hydrogens (tertiary/aromatic N) is 6. The molecule has 0 saturated carbocycles.